The fourth-order valence-electron chi connectivity index (χ4n) is 3.36. The number of piperidine rings is 1. The molecule has 1 aliphatic heterocycles. The van der Waals surface area contributed by atoms with E-state index in [1.165, 1.54) is 34.8 Å². The third-order valence-corrected chi connectivity index (χ3v) is 6.01. The van der Waals surface area contributed by atoms with Gasteiger partial charge in [-0.25, -0.2) is 19.4 Å². The van der Waals surface area contributed by atoms with Crippen LogP contribution in [0.1, 0.15) is 23.2 Å². The van der Waals surface area contributed by atoms with E-state index in [-0.39, 0.29) is 17.9 Å². The number of rotatable bonds is 5. The standard InChI is InChI=1S/C21H21N7O4S/c22-20(30)28-9-1-2-14(12-28)32-19(29)15-10-16(13-3-5-23-6-4-13)33-18(15)27-21(31)26-17-11-24-7-8-25-17/h3-8,10-11,14H,1-2,9,12H2,(H2,22,30)(H2,25,26,27,31). The van der Waals surface area contributed by atoms with E-state index < -0.39 is 24.1 Å². The number of amides is 4. The second-order valence-electron chi connectivity index (χ2n) is 7.21. The largest absolute Gasteiger partial charge is 0.457 e. The highest BCUT2D eigenvalue weighted by Crippen LogP contribution is 2.36. The van der Waals surface area contributed by atoms with Crippen LogP contribution >= 0.6 is 11.3 Å². The summed E-state index contributed by atoms with van der Waals surface area (Å²) in [5.74, 6) is -0.337. The molecule has 33 heavy (non-hydrogen) atoms. The summed E-state index contributed by atoms with van der Waals surface area (Å²) >= 11 is 1.23. The zero-order valence-electron chi connectivity index (χ0n) is 17.4. The van der Waals surface area contributed by atoms with Crippen molar-refractivity contribution in [2.45, 2.75) is 18.9 Å². The zero-order valence-corrected chi connectivity index (χ0v) is 18.2. The maximum absolute atomic E-state index is 13.0. The number of likely N-dealkylation sites (tertiary alicyclic amines) is 1. The molecular formula is C21H21N7O4S. The number of hydrogen-bond donors (Lipinski definition) is 3. The first kappa shape index (κ1) is 22.1. The summed E-state index contributed by atoms with van der Waals surface area (Å²) in [7, 11) is 0. The minimum atomic E-state index is -0.599. The highest BCUT2D eigenvalue weighted by molar-refractivity contribution is 7.20. The van der Waals surface area contributed by atoms with Crippen molar-refractivity contribution in [1.82, 2.24) is 19.9 Å². The predicted octanol–water partition coefficient (Wildman–Crippen LogP) is 2.94. The molecule has 4 amide bonds. The fraction of sp³-hybridized carbons (Fsp3) is 0.238. The van der Waals surface area contributed by atoms with Gasteiger partial charge in [-0.05, 0) is 36.6 Å². The number of nitrogens with two attached hydrogens (primary N) is 1. The summed E-state index contributed by atoms with van der Waals surface area (Å²) in [4.78, 5) is 51.1. The fourth-order valence-corrected chi connectivity index (χ4v) is 4.40. The number of primary amides is 1. The van der Waals surface area contributed by atoms with E-state index in [4.69, 9.17) is 10.5 Å². The Morgan fingerprint density at radius 1 is 1.12 bits per heavy atom. The summed E-state index contributed by atoms with van der Waals surface area (Å²) in [6.07, 6.45) is 8.43. The molecule has 4 heterocycles. The van der Waals surface area contributed by atoms with Gasteiger partial charge in [0.25, 0.3) is 0 Å². The number of hydrogen-bond acceptors (Lipinski definition) is 8. The lowest BCUT2D eigenvalue weighted by Crippen LogP contribution is -2.46. The molecule has 0 radical (unpaired) electrons. The lowest BCUT2D eigenvalue weighted by Gasteiger charge is -2.31. The van der Waals surface area contributed by atoms with Crippen LogP contribution in [0.3, 0.4) is 0 Å². The van der Waals surface area contributed by atoms with E-state index >= 15 is 0 Å². The molecule has 3 aromatic rings. The van der Waals surface area contributed by atoms with Crippen molar-refractivity contribution in [3.63, 3.8) is 0 Å². The summed E-state index contributed by atoms with van der Waals surface area (Å²) in [6, 6.07) is 4.14. The van der Waals surface area contributed by atoms with Crippen molar-refractivity contribution in [2.24, 2.45) is 5.73 Å². The van der Waals surface area contributed by atoms with Crippen molar-refractivity contribution in [3.05, 3.63) is 54.7 Å². The molecule has 1 saturated heterocycles. The Bertz CT molecular complexity index is 1140. The molecule has 3 aromatic heterocycles. The monoisotopic (exact) mass is 467 g/mol. The molecule has 1 unspecified atom stereocenters. The summed E-state index contributed by atoms with van der Waals surface area (Å²) in [5, 5.41) is 5.58. The van der Waals surface area contributed by atoms with Gasteiger partial charge in [0.05, 0.1) is 18.3 Å². The van der Waals surface area contributed by atoms with Crippen LogP contribution in [0, 0.1) is 0 Å². The number of thiophene rings is 1. The van der Waals surface area contributed by atoms with Gasteiger partial charge in [-0.1, -0.05) is 0 Å². The summed E-state index contributed by atoms with van der Waals surface area (Å²) < 4.78 is 5.66. The Balaban J connectivity index is 1.54. The molecule has 0 saturated carbocycles. The lowest BCUT2D eigenvalue weighted by atomic mass is 10.1. The quantitative estimate of drug-likeness (QED) is 0.488. The molecule has 1 aliphatic rings. The Morgan fingerprint density at radius 2 is 1.94 bits per heavy atom. The van der Waals surface area contributed by atoms with Crippen LogP contribution in [-0.4, -0.2) is 57.1 Å². The second kappa shape index (κ2) is 10.0. The smallest absolute Gasteiger partial charge is 0.341 e. The third kappa shape index (κ3) is 5.60. The van der Waals surface area contributed by atoms with E-state index in [9.17, 15) is 14.4 Å². The molecule has 0 aliphatic carbocycles. The van der Waals surface area contributed by atoms with E-state index in [2.05, 4.69) is 25.6 Å². The molecular weight excluding hydrogens is 446 g/mol. The van der Waals surface area contributed by atoms with E-state index in [1.54, 1.807) is 30.6 Å². The van der Waals surface area contributed by atoms with Crippen LogP contribution in [0.15, 0.2) is 49.2 Å². The van der Waals surface area contributed by atoms with Crippen molar-refractivity contribution in [1.29, 1.82) is 0 Å². The van der Waals surface area contributed by atoms with Gasteiger partial charge in [0.1, 0.15) is 11.1 Å². The first-order valence-corrected chi connectivity index (χ1v) is 10.9. The van der Waals surface area contributed by atoms with E-state index in [0.29, 0.717) is 24.4 Å². The zero-order chi connectivity index (χ0) is 23.2. The van der Waals surface area contributed by atoms with Crippen LogP contribution in [-0.2, 0) is 4.74 Å². The molecule has 1 fully saturated rings. The molecule has 0 aromatic carbocycles. The number of ether oxygens (including phenoxy) is 1. The number of urea groups is 2. The molecule has 0 bridgehead atoms. The topological polar surface area (TPSA) is 152 Å². The molecule has 1 atom stereocenters. The van der Waals surface area contributed by atoms with Crippen molar-refractivity contribution in [2.75, 3.05) is 23.7 Å². The van der Waals surface area contributed by atoms with Crippen molar-refractivity contribution < 1.29 is 19.1 Å². The molecule has 11 nitrogen and oxygen atoms in total. The first-order valence-electron chi connectivity index (χ1n) is 10.1. The number of esters is 1. The maximum atomic E-state index is 13.0. The Labute approximate surface area is 193 Å². The van der Waals surface area contributed by atoms with Crippen molar-refractivity contribution in [3.8, 4) is 10.4 Å². The minimum Gasteiger partial charge on any atom is -0.457 e. The van der Waals surface area contributed by atoms with Gasteiger partial charge >= 0.3 is 18.0 Å². The van der Waals surface area contributed by atoms with Gasteiger partial charge in [-0.3, -0.25) is 20.6 Å². The molecule has 0 spiro atoms. The lowest BCUT2D eigenvalue weighted by molar-refractivity contribution is 0.0129. The third-order valence-electron chi connectivity index (χ3n) is 4.91. The highest BCUT2D eigenvalue weighted by Gasteiger charge is 2.28. The summed E-state index contributed by atoms with van der Waals surface area (Å²) in [5.41, 5.74) is 6.40. The minimum absolute atomic E-state index is 0.206. The highest BCUT2D eigenvalue weighted by atomic mass is 32.1. The maximum Gasteiger partial charge on any atom is 0.341 e. The van der Waals surface area contributed by atoms with Gasteiger partial charge in [0.2, 0.25) is 0 Å². The van der Waals surface area contributed by atoms with Gasteiger partial charge in [0, 0.05) is 36.2 Å². The number of aromatic nitrogens is 3. The van der Waals surface area contributed by atoms with Crippen LogP contribution < -0.4 is 16.4 Å². The molecule has 12 heteroatoms. The number of pyridine rings is 1. The van der Waals surface area contributed by atoms with Crippen LogP contribution in [0.25, 0.3) is 10.4 Å². The SMILES string of the molecule is NC(=O)N1CCCC(OC(=O)c2cc(-c3ccncc3)sc2NC(=O)Nc2cnccn2)C1. The van der Waals surface area contributed by atoms with Gasteiger partial charge in [0.15, 0.2) is 5.82 Å². The predicted molar refractivity (Wildman–Crippen MR) is 122 cm³/mol. The normalized spacial score (nSPS) is 15.5. The first-order chi connectivity index (χ1) is 16.0. The van der Waals surface area contributed by atoms with Crippen LogP contribution in [0.5, 0.6) is 0 Å². The molecule has 4 rings (SSSR count). The Morgan fingerprint density at radius 3 is 2.67 bits per heavy atom. The Hall–Kier alpha value is -4.06. The Kier molecular flexibility index (Phi) is 6.74. The van der Waals surface area contributed by atoms with Gasteiger partial charge < -0.3 is 15.4 Å². The van der Waals surface area contributed by atoms with Crippen LogP contribution in [0.4, 0.5) is 20.4 Å². The van der Waals surface area contributed by atoms with E-state index in [0.717, 1.165) is 10.4 Å². The second-order valence-corrected chi connectivity index (χ2v) is 8.27. The number of nitrogens with zero attached hydrogens (tertiary/aromatic N) is 4. The van der Waals surface area contributed by atoms with Gasteiger partial charge in [-0.15, -0.1) is 11.3 Å². The van der Waals surface area contributed by atoms with Crippen molar-refractivity contribution >= 4 is 40.2 Å². The summed E-state index contributed by atoms with van der Waals surface area (Å²) in [6.45, 7) is 0.766. The average molecular weight is 468 g/mol. The number of carbonyl (C=O) groups excluding carboxylic acids is 3. The van der Waals surface area contributed by atoms with Gasteiger partial charge in [-0.2, -0.15) is 0 Å². The van der Waals surface area contributed by atoms with Crippen LogP contribution in [0.2, 0.25) is 0 Å². The number of nitrogens with one attached hydrogen (secondary N) is 2. The molecule has 170 valence electrons. The molecule has 4 N–H and O–H groups in total. The number of anilines is 2. The average Bonchev–Trinajstić information content (AvgIpc) is 3.24. The number of carbonyl (C=O) groups is 3. The van der Waals surface area contributed by atoms with E-state index in [1.807, 2.05) is 0 Å².